The largest absolute Gasteiger partial charge is 0.267 e. The lowest BCUT2D eigenvalue weighted by atomic mass is 9.95. The first-order valence-corrected chi connectivity index (χ1v) is 11.6. The second kappa shape index (κ2) is 8.26. The molecule has 0 spiro atoms. The number of hydrogen-bond donors (Lipinski definition) is 1. The maximum absolute atomic E-state index is 12.7. The van der Waals surface area contributed by atoms with Crippen molar-refractivity contribution in [1.82, 2.24) is 19.5 Å². The van der Waals surface area contributed by atoms with Gasteiger partial charge in [-0.1, -0.05) is 23.7 Å². The average Bonchev–Trinajstić information content (AvgIpc) is 3.09. The van der Waals surface area contributed by atoms with Crippen molar-refractivity contribution in [3.05, 3.63) is 64.4 Å². The zero-order valence-electron chi connectivity index (χ0n) is 16.2. The van der Waals surface area contributed by atoms with Crippen LogP contribution in [-0.4, -0.2) is 29.7 Å². The monoisotopic (exact) mass is 430 g/mol. The second-order valence-corrected chi connectivity index (χ2v) is 9.32. The van der Waals surface area contributed by atoms with Crippen LogP contribution in [0.5, 0.6) is 0 Å². The number of benzene rings is 1. The highest BCUT2D eigenvalue weighted by Crippen LogP contribution is 2.30. The van der Waals surface area contributed by atoms with Gasteiger partial charge >= 0.3 is 0 Å². The van der Waals surface area contributed by atoms with E-state index in [-0.39, 0.29) is 11.4 Å². The zero-order valence-corrected chi connectivity index (χ0v) is 17.8. The quantitative estimate of drug-likeness (QED) is 0.645. The van der Waals surface area contributed by atoms with E-state index in [1.54, 1.807) is 31.3 Å². The van der Waals surface area contributed by atoms with E-state index in [2.05, 4.69) is 9.71 Å². The molecule has 8 heteroatoms. The molecule has 0 bridgehead atoms. The lowest BCUT2D eigenvalue weighted by Gasteiger charge is -2.15. The molecule has 1 aromatic carbocycles. The Kier molecular flexibility index (Phi) is 5.72. The molecule has 0 aliphatic heterocycles. The number of nitrogens with one attached hydrogen (secondary N) is 1. The van der Waals surface area contributed by atoms with Gasteiger partial charge in [0.1, 0.15) is 5.69 Å². The van der Waals surface area contributed by atoms with Gasteiger partial charge in [-0.2, -0.15) is 5.10 Å². The van der Waals surface area contributed by atoms with E-state index in [9.17, 15) is 8.42 Å². The summed E-state index contributed by atoms with van der Waals surface area (Å²) in [4.78, 5) is 4.66. The summed E-state index contributed by atoms with van der Waals surface area (Å²) in [7, 11) is -3.64. The lowest BCUT2D eigenvalue weighted by molar-refractivity contribution is 0.538. The van der Waals surface area contributed by atoms with Gasteiger partial charge in [-0.3, -0.25) is 9.67 Å². The van der Waals surface area contributed by atoms with E-state index in [4.69, 9.17) is 16.7 Å². The Morgan fingerprint density at radius 1 is 1.14 bits per heavy atom. The Bertz CT molecular complexity index is 1130. The normalized spacial score (nSPS) is 14.0. The topological polar surface area (TPSA) is 76.9 Å². The summed E-state index contributed by atoms with van der Waals surface area (Å²) >= 11 is 6.08. The van der Waals surface area contributed by atoms with Crippen molar-refractivity contribution in [1.29, 1.82) is 0 Å². The van der Waals surface area contributed by atoms with Gasteiger partial charge in [0.25, 0.3) is 0 Å². The first-order chi connectivity index (χ1) is 14.0. The number of hydrogen-bond acceptors (Lipinski definition) is 4. The molecule has 29 heavy (non-hydrogen) atoms. The van der Waals surface area contributed by atoms with Gasteiger partial charge in [0.05, 0.1) is 17.1 Å². The molecule has 1 aliphatic carbocycles. The van der Waals surface area contributed by atoms with Gasteiger partial charge in [0.2, 0.25) is 10.0 Å². The zero-order chi connectivity index (χ0) is 20.4. The molecule has 1 aliphatic rings. The molecule has 0 amide bonds. The van der Waals surface area contributed by atoms with E-state index in [1.165, 1.54) is 11.3 Å². The second-order valence-electron chi connectivity index (χ2n) is 7.18. The summed E-state index contributed by atoms with van der Waals surface area (Å²) in [5, 5.41) is 5.22. The number of rotatable bonds is 6. The first kappa shape index (κ1) is 20.1. The number of aromatic nitrogens is 3. The molecule has 4 rings (SSSR count). The Morgan fingerprint density at radius 3 is 2.76 bits per heavy atom. The van der Waals surface area contributed by atoms with Gasteiger partial charge in [0.15, 0.2) is 0 Å². The Balaban J connectivity index is 1.55. The number of pyridine rings is 1. The van der Waals surface area contributed by atoms with Crippen molar-refractivity contribution >= 4 is 21.6 Å². The molecule has 0 saturated heterocycles. The maximum Gasteiger partial charge on any atom is 0.240 e. The molecule has 0 atom stereocenters. The third kappa shape index (κ3) is 4.08. The highest BCUT2D eigenvalue weighted by atomic mass is 35.5. The van der Waals surface area contributed by atoms with Crippen LogP contribution in [0.2, 0.25) is 5.02 Å². The molecule has 2 heterocycles. The van der Waals surface area contributed by atoms with Gasteiger partial charge in [-0.15, -0.1) is 0 Å². The number of halogens is 1. The number of sulfonamides is 1. The minimum absolute atomic E-state index is 0.210. The molecular weight excluding hydrogens is 408 g/mol. The SMILES string of the molecule is Cc1c(Cl)cccc1S(=O)(=O)NCCn1nc(-c2ccccn2)c2c1CCCC2. The number of nitrogens with zero attached hydrogens (tertiary/aromatic N) is 3. The van der Waals surface area contributed by atoms with Gasteiger partial charge in [0, 0.05) is 29.0 Å². The number of fused-ring (bicyclic) bond motifs is 1. The summed E-state index contributed by atoms with van der Waals surface area (Å²) in [5.41, 5.74) is 4.75. The smallest absolute Gasteiger partial charge is 0.240 e. The highest BCUT2D eigenvalue weighted by Gasteiger charge is 2.23. The van der Waals surface area contributed by atoms with Crippen LogP contribution in [0.15, 0.2) is 47.5 Å². The van der Waals surface area contributed by atoms with Crippen LogP contribution in [0, 0.1) is 6.92 Å². The van der Waals surface area contributed by atoms with Crippen LogP contribution in [0.4, 0.5) is 0 Å². The molecule has 152 valence electrons. The van der Waals surface area contributed by atoms with Gasteiger partial charge in [-0.25, -0.2) is 13.1 Å². The lowest BCUT2D eigenvalue weighted by Crippen LogP contribution is -2.29. The van der Waals surface area contributed by atoms with Crippen molar-refractivity contribution in [2.75, 3.05) is 6.54 Å². The van der Waals surface area contributed by atoms with Crippen LogP contribution >= 0.6 is 11.6 Å². The van der Waals surface area contributed by atoms with Crippen molar-refractivity contribution in [3.63, 3.8) is 0 Å². The van der Waals surface area contributed by atoms with E-state index >= 15 is 0 Å². The molecule has 0 saturated carbocycles. The van der Waals surface area contributed by atoms with Crippen LogP contribution in [0.3, 0.4) is 0 Å². The molecule has 2 aromatic heterocycles. The fourth-order valence-electron chi connectivity index (χ4n) is 3.81. The van der Waals surface area contributed by atoms with Crippen molar-refractivity contribution in [3.8, 4) is 11.4 Å². The molecule has 0 fully saturated rings. The van der Waals surface area contributed by atoms with Gasteiger partial charge in [-0.05, 0) is 62.4 Å². The minimum atomic E-state index is -3.64. The van der Waals surface area contributed by atoms with E-state index < -0.39 is 10.0 Å². The maximum atomic E-state index is 12.7. The molecule has 6 nitrogen and oxygen atoms in total. The van der Waals surface area contributed by atoms with Crippen LogP contribution in [0.25, 0.3) is 11.4 Å². The predicted molar refractivity (Wildman–Crippen MR) is 113 cm³/mol. The van der Waals surface area contributed by atoms with Crippen LogP contribution in [0.1, 0.15) is 29.7 Å². The highest BCUT2D eigenvalue weighted by molar-refractivity contribution is 7.89. The van der Waals surface area contributed by atoms with E-state index in [0.29, 0.717) is 17.1 Å². The van der Waals surface area contributed by atoms with E-state index in [0.717, 1.165) is 37.1 Å². The van der Waals surface area contributed by atoms with Crippen LogP contribution < -0.4 is 4.72 Å². The fraction of sp³-hybridized carbons (Fsp3) is 0.333. The predicted octanol–water partition coefficient (Wildman–Crippen LogP) is 3.76. The van der Waals surface area contributed by atoms with Crippen molar-refractivity contribution in [2.24, 2.45) is 0 Å². The fourth-order valence-corrected chi connectivity index (χ4v) is 5.32. The minimum Gasteiger partial charge on any atom is -0.267 e. The molecular formula is C21H23ClN4O2S. The summed E-state index contributed by atoms with van der Waals surface area (Å²) in [6.07, 6.45) is 5.96. The molecule has 1 N–H and O–H groups in total. The summed E-state index contributed by atoms with van der Waals surface area (Å²) in [6.45, 7) is 2.43. The summed E-state index contributed by atoms with van der Waals surface area (Å²) in [6, 6.07) is 10.7. The standard InChI is InChI=1S/C21H23ClN4O2S/c1-15-17(22)8-6-11-20(15)29(27,28)24-13-14-26-19-10-3-2-7-16(19)21(25-26)18-9-4-5-12-23-18/h4-6,8-9,11-12,24H,2-3,7,10,13-14H2,1H3. The van der Waals surface area contributed by atoms with Crippen molar-refractivity contribution in [2.45, 2.75) is 44.0 Å². The summed E-state index contributed by atoms with van der Waals surface area (Å²) < 4.78 is 30.0. The molecule has 0 unspecified atom stereocenters. The Morgan fingerprint density at radius 2 is 1.97 bits per heavy atom. The summed E-state index contributed by atoms with van der Waals surface area (Å²) in [5.74, 6) is 0. The third-order valence-corrected chi connectivity index (χ3v) is 7.30. The Hall–Kier alpha value is -2.22. The van der Waals surface area contributed by atoms with Gasteiger partial charge < -0.3 is 0 Å². The average molecular weight is 431 g/mol. The Labute approximate surface area is 176 Å². The first-order valence-electron chi connectivity index (χ1n) is 9.72. The third-order valence-electron chi connectivity index (χ3n) is 5.29. The molecule has 0 radical (unpaired) electrons. The van der Waals surface area contributed by atoms with Crippen LogP contribution in [-0.2, 0) is 29.4 Å². The van der Waals surface area contributed by atoms with Crippen molar-refractivity contribution < 1.29 is 8.42 Å². The molecule has 3 aromatic rings. The van der Waals surface area contributed by atoms with E-state index in [1.807, 2.05) is 22.9 Å².